The molecule has 1 aliphatic heterocycles. The van der Waals surface area contributed by atoms with Crippen molar-refractivity contribution in [1.29, 1.82) is 0 Å². The SMILES string of the molecule is Cc1cccc(C(N)c2cc(Cl)cc3c2OCC3)c1Cl. The van der Waals surface area contributed by atoms with E-state index in [1.54, 1.807) is 0 Å². The van der Waals surface area contributed by atoms with Gasteiger partial charge in [0.25, 0.3) is 0 Å². The molecule has 1 unspecified atom stereocenters. The number of hydrogen-bond donors (Lipinski definition) is 1. The molecular weight excluding hydrogens is 293 g/mol. The molecule has 0 aromatic heterocycles. The van der Waals surface area contributed by atoms with E-state index in [0.717, 1.165) is 34.4 Å². The number of aryl methyl sites for hydroxylation is 1. The van der Waals surface area contributed by atoms with E-state index in [1.807, 2.05) is 37.3 Å². The first-order chi connectivity index (χ1) is 9.58. The summed E-state index contributed by atoms with van der Waals surface area (Å²) < 4.78 is 5.72. The molecule has 0 saturated carbocycles. The third-order valence-corrected chi connectivity index (χ3v) is 4.40. The minimum atomic E-state index is -0.340. The monoisotopic (exact) mass is 307 g/mol. The molecule has 0 bridgehead atoms. The molecule has 104 valence electrons. The molecule has 0 fully saturated rings. The maximum Gasteiger partial charge on any atom is 0.127 e. The van der Waals surface area contributed by atoms with E-state index in [-0.39, 0.29) is 6.04 Å². The fourth-order valence-electron chi connectivity index (χ4n) is 2.61. The zero-order chi connectivity index (χ0) is 14.3. The smallest absolute Gasteiger partial charge is 0.127 e. The molecule has 2 nitrogen and oxygen atoms in total. The van der Waals surface area contributed by atoms with Gasteiger partial charge >= 0.3 is 0 Å². The largest absolute Gasteiger partial charge is 0.493 e. The number of nitrogens with two attached hydrogens (primary N) is 1. The van der Waals surface area contributed by atoms with Gasteiger partial charge in [0.15, 0.2) is 0 Å². The van der Waals surface area contributed by atoms with Crippen molar-refractivity contribution in [3.8, 4) is 5.75 Å². The van der Waals surface area contributed by atoms with Gasteiger partial charge < -0.3 is 10.5 Å². The maximum atomic E-state index is 6.40. The van der Waals surface area contributed by atoms with Gasteiger partial charge in [0, 0.05) is 22.0 Å². The third-order valence-electron chi connectivity index (χ3n) is 3.67. The first-order valence-electron chi connectivity index (χ1n) is 6.53. The van der Waals surface area contributed by atoms with Crippen molar-refractivity contribution in [3.63, 3.8) is 0 Å². The molecular formula is C16H15Cl2NO. The molecule has 0 aliphatic carbocycles. The molecule has 4 heteroatoms. The molecule has 1 aliphatic rings. The van der Waals surface area contributed by atoms with Crippen LogP contribution in [0.2, 0.25) is 10.0 Å². The lowest BCUT2D eigenvalue weighted by molar-refractivity contribution is 0.352. The Kier molecular flexibility index (Phi) is 3.63. The Balaban J connectivity index is 2.11. The second-order valence-electron chi connectivity index (χ2n) is 5.04. The summed E-state index contributed by atoms with van der Waals surface area (Å²) >= 11 is 12.6. The Morgan fingerprint density at radius 3 is 2.80 bits per heavy atom. The summed E-state index contributed by atoms with van der Waals surface area (Å²) in [5.74, 6) is 0.861. The first-order valence-corrected chi connectivity index (χ1v) is 7.29. The van der Waals surface area contributed by atoms with Gasteiger partial charge in [-0.05, 0) is 35.7 Å². The summed E-state index contributed by atoms with van der Waals surface area (Å²) in [7, 11) is 0. The van der Waals surface area contributed by atoms with Crippen LogP contribution in [0.15, 0.2) is 30.3 Å². The van der Waals surface area contributed by atoms with Gasteiger partial charge in [-0.3, -0.25) is 0 Å². The Labute approximate surface area is 128 Å². The van der Waals surface area contributed by atoms with Crippen LogP contribution in [0.5, 0.6) is 5.75 Å². The molecule has 2 aromatic rings. The second-order valence-corrected chi connectivity index (χ2v) is 5.85. The zero-order valence-electron chi connectivity index (χ0n) is 11.1. The number of hydrogen-bond acceptors (Lipinski definition) is 2. The van der Waals surface area contributed by atoms with Crippen molar-refractivity contribution in [1.82, 2.24) is 0 Å². The normalized spacial score (nSPS) is 14.8. The van der Waals surface area contributed by atoms with Gasteiger partial charge in [-0.15, -0.1) is 0 Å². The third kappa shape index (κ3) is 2.28. The predicted molar refractivity (Wildman–Crippen MR) is 82.9 cm³/mol. The summed E-state index contributed by atoms with van der Waals surface area (Å²) in [6.07, 6.45) is 0.872. The Hall–Kier alpha value is -1.22. The van der Waals surface area contributed by atoms with Crippen LogP contribution in [0.3, 0.4) is 0 Å². The Morgan fingerprint density at radius 1 is 1.20 bits per heavy atom. The van der Waals surface area contributed by atoms with Crippen molar-refractivity contribution < 1.29 is 4.74 Å². The highest BCUT2D eigenvalue weighted by molar-refractivity contribution is 6.32. The molecule has 1 atom stereocenters. The van der Waals surface area contributed by atoms with Crippen LogP contribution in [0.1, 0.15) is 28.3 Å². The topological polar surface area (TPSA) is 35.2 Å². The van der Waals surface area contributed by atoms with Crippen LogP contribution in [0.25, 0.3) is 0 Å². The van der Waals surface area contributed by atoms with Gasteiger partial charge in [0.05, 0.1) is 12.6 Å². The highest BCUT2D eigenvalue weighted by Gasteiger charge is 2.23. The fraction of sp³-hybridized carbons (Fsp3) is 0.250. The van der Waals surface area contributed by atoms with Crippen molar-refractivity contribution >= 4 is 23.2 Å². The van der Waals surface area contributed by atoms with Gasteiger partial charge in [-0.2, -0.15) is 0 Å². The molecule has 1 heterocycles. The number of rotatable bonds is 2. The Bertz CT molecular complexity index is 670. The summed E-state index contributed by atoms with van der Waals surface area (Å²) in [6.45, 7) is 2.65. The number of ether oxygens (including phenoxy) is 1. The number of fused-ring (bicyclic) bond motifs is 1. The van der Waals surface area contributed by atoms with Crippen molar-refractivity contribution in [2.24, 2.45) is 5.73 Å². The average molecular weight is 308 g/mol. The number of benzene rings is 2. The van der Waals surface area contributed by atoms with Crippen molar-refractivity contribution in [2.45, 2.75) is 19.4 Å². The Morgan fingerprint density at radius 2 is 2.00 bits per heavy atom. The quantitative estimate of drug-likeness (QED) is 0.898. The van der Waals surface area contributed by atoms with Gasteiger partial charge in [0.1, 0.15) is 5.75 Å². The van der Waals surface area contributed by atoms with E-state index < -0.39 is 0 Å². The molecule has 2 N–H and O–H groups in total. The van der Waals surface area contributed by atoms with E-state index in [1.165, 1.54) is 0 Å². The van der Waals surface area contributed by atoms with Crippen LogP contribution in [-0.2, 0) is 6.42 Å². The maximum absolute atomic E-state index is 6.40. The zero-order valence-corrected chi connectivity index (χ0v) is 12.6. The summed E-state index contributed by atoms with van der Waals surface area (Å²) in [5.41, 5.74) is 10.3. The lowest BCUT2D eigenvalue weighted by atomic mass is 9.95. The highest BCUT2D eigenvalue weighted by Crippen LogP contribution is 2.39. The second kappa shape index (κ2) is 5.28. The molecule has 0 radical (unpaired) electrons. The van der Waals surface area contributed by atoms with E-state index in [9.17, 15) is 0 Å². The molecule has 0 amide bonds. The van der Waals surface area contributed by atoms with Crippen LogP contribution < -0.4 is 10.5 Å². The van der Waals surface area contributed by atoms with Gasteiger partial charge in [-0.25, -0.2) is 0 Å². The van der Waals surface area contributed by atoms with E-state index >= 15 is 0 Å². The molecule has 0 saturated heterocycles. The van der Waals surface area contributed by atoms with E-state index in [0.29, 0.717) is 16.7 Å². The van der Waals surface area contributed by atoms with Crippen LogP contribution in [0, 0.1) is 6.92 Å². The average Bonchev–Trinajstić information content (AvgIpc) is 2.88. The van der Waals surface area contributed by atoms with Crippen molar-refractivity contribution in [3.05, 3.63) is 62.6 Å². The van der Waals surface area contributed by atoms with Gasteiger partial charge in [0.2, 0.25) is 0 Å². The minimum absolute atomic E-state index is 0.340. The lowest BCUT2D eigenvalue weighted by Gasteiger charge is -2.18. The lowest BCUT2D eigenvalue weighted by Crippen LogP contribution is -2.14. The standard InChI is InChI=1S/C16H15Cl2NO/c1-9-3-2-4-12(14(9)18)15(19)13-8-11(17)7-10-5-6-20-16(10)13/h2-4,7-8,15H,5-6,19H2,1H3. The highest BCUT2D eigenvalue weighted by atomic mass is 35.5. The van der Waals surface area contributed by atoms with Gasteiger partial charge in [-0.1, -0.05) is 41.4 Å². The molecule has 20 heavy (non-hydrogen) atoms. The predicted octanol–water partition coefficient (Wildman–Crippen LogP) is 4.28. The van der Waals surface area contributed by atoms with E-state index in [2.05, 4.69) is 0 Å². The van der Waals surface area contributed by atoms with E-state index in [4.69, 9.17) is 33.7 Å². The van der Waals surface area contributed by atoms with Crippen molar-refractivity contribution in [2.75, 3.05) is 6.61 Å². The van der Waals surface area contributed by atoms with Crippen LogP contribution in [-0.4, -0.2) is 6.61 Å². The van der Waals surface area contributed by atoms with Crippen LogP contribution >= 0.6 is 23.2 Å². The summed E-state index contributed by atoms with van der Waals surface area (Å²) in [5, 5.41) is 1.38. The molecule has 2 aromatic carbocycles. The summed E-state index contributed by atoms with van der Waals surface area (Å²) in [6, 6.07) is 9.35. The summed E-state index contributed by atoms with van der Waals surface area (Å²) in [4.78, 5) is 0. The molecule has 0 spiro atoms. The minimum Gasteiger partial charge on any atom is -0.493 e. The first kappa shape index (κ1) is 13.7. The molecule has 3 rings (SSSR count). The van der Waals surface area contributed by atoms with Crippen LogP contribution in [0.4, 0.5) is 0 Å². The fourth-order valence-corrected chi connectivity index (χ4v) is 3.10. The number of halogens is 2.